The normalized spacial score (nSPS) is 18.1. The Kier molecular flexibility index (Phi) is 4.14. The van der Waals surface area contributed by atoms with E-state index in [0.29, 0.717) is 12.5 Å². The standard InChI is InChI=1S/C14H19NO/c15-8-2-4-12-3-1-5-14(11-12)13-6-9-16-10-7-13/h1-5,11,13H,6-10,15H2/b4-2+. The summed E-state index contributed by atoms with van der Waals surface area (Å²) in [6.07, 6.45) is 6.36. The summed E-state index contributed by atoms with van der Waals surface area (Å²) in [4.78, 5) is 0. The molecule has 0 spiro atoms. The topological polar surface area (TPSA) is 35.2 Å². The van der Waals surface area contributed by atoms with Gasteiger partial charge in [-0.15, -0.1) is 0 Å². The summed E-state index contributed by atoms with van der Waals surface area (Å²) < 4.78 is 5.39. The fraction of sp³-hybridized carbons (Fsp3) is 0.429. The predicted molar refractivity (Wildman–Crippen MR) is 67.3 cm³/mol. The zero-order valence-corrected chi connectivity index (χ0v) is 9.56. The van der Waals surface area contributed by atoms with Crippen LogP contribution in [0.3, 0.4) is 0 Å². The molecule has 16 heavy (non-hydrogen) atoms. The third-order valence-corrected chi connectivity index (χ3v) is 3.05. The molecule has 1 aromatic carbocycles. The molecular formula is C14H19NO. The van der Waals surface area contributed by atoms with Crippen molar-refractivity contribution in [1.82, 2.24) is 0 Å². The van der Waals surface area contributed by atoms with Crippen LogP contribution in [-0.2, 0) is 4.74 Å². The maximum Gasteiger partial charge on any atom is 0.0471 e. The van der Waals surface area contributed by atoms with Crippen molar-refractivity contribution >= 4 is 6.08 Å². The Morgan fingerprint density at radius 3 is 2.88 bits per heavy atom. The first-order chi connectivity index (χ1) is 7.90. The number of rotatable bonds is 3. The first-order valence-electron chi connectivity index (χ1n) is 5.94. The third-order valence-electron chi connectivity index (χ3n) is 3.05. The second kappa shape index (κ2) is 5.83. The lowest BCUT2D eigenvalue weighted by Gasteiger charge is -2.22. The highest BCUT2D eigenvalue weighted by molar-refractivity contribution is 5.50. The number of hydrogen-bond acceptors (Lipinski definition) is 2. The van der Waals surface area contributed by atoms with E-state index in [9.17, 15) is 0 Å². The zero-order chi connectivity index (χ0) is 11.2. The van der Waals surface area contributed by atoms with Gasteiger partial charge in [-0.1, -0.05) is 36.4 Å². The summed E-state index contributed by atoms with van der Waals surface area (Å²) in [5.41, 5.74) is 8.13. The van der Waals surface area contributed by atoms with Gasteiger partial charge in [0.1, 0.15) is 0 Å². The molecule has 1 aliphatic heterocycles. The largest absolute Gasteiger partial charge is 0.381 e. The molecule has 1 aromatic rings. The van der Waals surface area contributed by atoms with Crippen LogP contribution in [0.15, 0.2) is 30.3 Å². The average molecular weight is 217 g/mol. The molecule has 0 aromatic heterocycles. The molecule has 86 valence electrons. The number of hydrogen-bond donors (Lipinski definition) is 1. The fourth-order valence-electron chi connectivity index (χ4n) is 2.15. The van der Waals surface area contributed by atoms with Crippen LogP contribution >= 0.6 is 0 Å². The van der Waals surface area contributed by atoms with Crippen LogP contribution in [0.25, 0.3) is 6.08 Å². The molecule has 1 aliphatic rings. The molecule has 2 nitrogen and oxygen atoms in total. The van der Waals surface area contributed by atoms with Gasteiger partial charge in [0.15, 0.2) is 0 Å². The van der Waals surface area contributed by atoms with Crippen molar-refractivity contribution in [3.63, 3.8) is 0 Å². The van der Waals surface area contributed by atoms with Crippen molar-refractivity contribution in [3.05, 3.63) is 41.5 Å². The van der Waals surface area contributed by atoms with Gasteiger partial charge in [0.2, 0.25) is 0 Å². The maximum atomic E-state index is 5.45. The molecular weight excluding hydrogens is 198 g/mol. The van der Waals surface area contributed by atoms with E-state index < -0.39 is 0 Å². The van der Waals surface area contributed by atoms with Crippen LogP contribution in [0.1, 0.15) is 29.9 Å². The van der Waals surface area contributed by atoms with Crippen molar-refractivity contribution in [2.75, 3.05) is 19.8 Å². The van der Waals surface area contributed by atoms with E-state index in [0.717, 1.165) is 26.1 Å². The summed E-state index contributed by atoms with van der Waals surface area (Å²) >= 11 is 0. The molecule has 2 N–H and O–H groups in total. The molecule has 1 fully saturated rings. The molecule has 2 rings (SSSR count). The average Bonchev–Trinajstić information content (AvgIpc) is 2.38. The van der Waals surface area contributed by atoms with Gasteiger partial charge < -0.3 is 10.5 Å². The van der Waals surface area contributed by atoms with Crippen LogP contribution in [0.4, 0.5) is 0 Å². The van der Waals surface area contributed by atoms with Crippen LogP contribution < -0.4 is 5.73 Å². The van der Waals surface area contributed by atoms with E-state index in [1.54, 1.807) is 0 Å². The van der Waals surface area contributed by atoms with Gasteiger partial charge in [-0.2, -0.15) is 0 Å². The molecule has 0 aliphatic carbocycles. The highest BCUT2D eigenvalue weighted by Crippen LogP contribution is 2.27. The van der Waals surface area contributed by atoms with E-state index in [1.807, 2.05) is 6.08 Å². The summed E-state index contributed by atoms with van der Waals surface area (Å²) in [7, 11) is 0. The molecule has 1 heterocycles. The summed E-state index contributed by atoms with van der Waals surface area (Å²) in [5, 5.41) is 0. The summed E-state index contributed by atoms with van der Waals surface area (Å²) in [6, 6.07) is 8.73. The van der Waals surface area contributed by atoms with Crippen LogP contribution in [0, 0.1) is 0 Å². The highest BCUT2D eigenvalue weighted by Gasteiger charge is 2.15. The Bertz CT molecular complexity index is 354. The SMILES string of the molecule is NC/C=C/c1cccc(C2CCOCC2)c1. The van der Waals surface area contributed by atoms with Crippen molar-refractivity contribution in [1.29, 1.82) is 0 Å². The predicted octanol–water partition coefficient (Wildman–Crippen LogP) is 2.55. The Labute approximate surface area is 97.1 Å². The van der Waals surface area contributed by atoms with E-state index in [-0.39, 0.29) is 0 Å². The number of ether oxygens (including phenoxy) is 1. The van der Waals surface area contributed by atoms with Crippen molar-refractivity contribution in [3.8, 4) is 0 Å². The van der Waals surface area contributed by atoms with Gasteiger partial charge in [0.05, 0.1) is 0 Å². The lowest BCUT2D eigenvalue weighted by molar-refractivity contribution is 0.0853. The minimum absolute atomic E-state index is 0.599. The fourth-order valence-corrected chi connectivity index (χ4v) is 2.15. The molecule has 0 bridgehead atoms. The van der Waals surface area contributed by atoms with Crippen molar-refractivity contribution in [2.24, 2.45) is 5.73 Å². The highest BCUT2D eigenvalue weighted by atomic mass is 16.5. The number of nitrogens with two attached hydrogens (primary N) is 1. The van der Waals surface area contributed by atoms with E-state index in [4.69, 9.17) is 10.5 Å². The monoisotopic (exact) mass is 217 g/mol. The Morgan fingerprint density at radius 1 is 1.31 bits per heavy atom. The van der Waals surface area contributed by atoms with Gasteiger partial charge in [0, 0.05) is 19.8 Å². The van der Waals surface area contributed by atoms with E-state index in [2.05, 4.69) is 30.3 Å². The Morgan fingerprint density at radius 2 is 2.12 bits per heavy atom. The first kappa shape index (κ1) is 11.4. The molecule has 0 amide bonds. The quantitative estimate of drug-likeness (QED) is 0.844. The molecule has 0 atom stereocenters. The second-order valence-electron chi connectivity index (χ2n) is 4.19. The van der Waals surface area contributed by atoms with Gasteiger partial charge in [-0.3, -0.25) is 0 Å². The Hall–Kier alpha value is -1.12. The number of benzene rings is 1. The zero-order valence-electron chi connectivity index (χ0n) is 9.56. The van der Waals surface area contributed by atoms with Crippen molar-refractivity contribution < 1.29 is 4.74 Å². The molecule has 0 saturated carbocycles. The maximum absolute atomic E-state index is 5.45. The summed E-state index contributed by atoms with van der Waals surface area (Å²) in [5.74, 6) is 0.667. The van der Waals surface area contributed by atoms with Crippen LogP contribution in [-0.4, -0.2) is 19.8 Å². The van der Waals surface area contributed by atoms with Gasteiger partial charge >= 0.3 is 0 Å². The third kappa shape index (κ3) is 2.94. The van der Waals surface area contributed by atoms with E-state index >= 15 is 0 Å². The van der Waals surface area contributed by atoms with Gasteiger partial charge in [0.25, 0.3) is 0 Å². The minimum Gasteiger partial charge on any atom is -0.381 e. The summed E-state index contributed by atoms with van der Waals surface area (Å²) in [6.45, 7) is 2.39. The molecule has 2 heteroatoms. The van der Waals surface area contributed by atoms with Gasteiger partial charge in [-0.05, 0) is 29.9 Å². The smallest absolute Gasteiger partial charge is 0.0471 e. The lowest BCUT2D eigenvalue weighted by Crippen LogP contribution is -2.14. The molecule has 0 radical (unpaired) electrons. The Balaban J connectivity index is 2.11. The van der Waals surface area contributed by atoms with E-state index in [1.165, 1.54) is 11.1 Å². The van der Waals surface area contributed by atoms with Gasteiger partial charge in [-0.25, -0.2) is 0 Å². The molecule has 0 unspecified atom stereocenters. The van der Waals surface area contributed by atoms with Crippen molar-refractivity contribution in [2.45, 2.75) is 18.8 Å². The second-order valence-corrected chi connectivity index (χ2v) is 4.19. The first-order valence-corrected chi connectivity index (χ1v) is 5.94. The minimum atomic E-state index is 0.599. The molecule has 1 saturated heterocycles. The lowest BCUT2D eigenvalue weighted by atomic mass is 9.91. The van der Waals surface area contributed by atoms with Crippen LogP contribution in [0.5, 0.6) is 0 Å². The van der Waals surface area contributed by atoms with Crippen LogP contribution in [0.2, 0.25) is 0 Å².